The fraction of sp³-hybridized carbons (Fsp3) is 0.500. The van der Waals surface area contributed by atoms with E-state index in [1.807, 2.05) is 36.1 Å². The Morgan fingerprint density at radius 3 is 2.67 bits per heavy atom. The molecule has 0 aromatic heterocycles. The summed E-state index contributed by atoms with van der Waals surface area (Å²) >= 11 is 3.43. The highest BCUT2D eigenvalue weighted by Crippen LogP contribution is 2.21. The van der Waals surface area contributed by atoms with Crippen LogP contribution < -0.4 is 0 Å². The predicted octanol–water partition coefficient (Wildman–Crippen LogP) is 3.09. The molecule has 1 amide bonds. The fourth-order valence-corrected chi connectivity index (χ4v) is 2.72. The number of hydrogen-bond acceptors (Lipinski definition) is 2. The van der Waals surface area contributed by atoms with Crippen LogP contribution in [-0.4, -0.2) is 36.6 Å². The molecule has 0 bridgehead atoms. The Balaban J connectivity index is 1.98. The van der Waals surface area contributed by atoms with Gasteiger partial charge in [-0.25, -0.2) is 0 Å². The first kappa shape index (κ1) is 13.6. The van der Waals surface area contributed by atoms with E-state index >= 15 is 0 Å². The molecule has 3 nitrogen and oxygen atoms in total. The van der Waals surface area contributed by atoms with Crippen LogP contribution in [0.3, 0.4) is 0 Å². The lowest BCUT2D eigenvalue weighted by Crippen LogP contribution is -2.41. The lowest BCUT2D eigenvalue weighted by molar-refractivity contribution is 0.0146. The third-order valence-corrected chi connectivity index (χ3v) is 3.93. The van der Waals surface area contributed by atoms with Crippen LogP contribution in [0.25, 0.3) is 0 Å². The number of amides is 1. The molecule has 4 heteroatoms. The second kappa shape index (κ2) is 6.34. The van der Waals surface area contributed by atoms with Crippen molar-refractivity contribution in [1.29, 1.82) is 0 Å². The van der Waals surface area contributed by atoms with E-state index in [-0.39, 0.29) is 5.91 Å². The molecule has 1 aromatic rings. The van der Waals surface area contributed by atoms with Gasteiger partial charge in [-0.15, -0.1) is 0 Å². The van der Waals surface area contributed by atoms with Crippen molar-refractivity contribution < 1.29 is 9.53 Å². The molecule has 0 aliphatic carbocycles. The summed E-state index contributed by atoms with van der Waals surface area (Å²) in [6, 6.07) is 7.58. The van der Waals surface area contributed by atoms with Crippen molar-refractivity contribution >= 4 is 21.8 Å². The van der Waals surface area contributed by atoms with Crippen LogP contribution in [0.1, 0.15) is 30.1 Å². The van der Waals surface area contributed by atoms with Gasteiger partial charge >= 0.3 is 0 Å². The number of ether oxygens (including phenoxy) is 1. The maximum absolute atomic E-state index is 12.3. The number of halogens is 1. The summed E-state index contributed by atoms with van der Waals surface area (Å²) in [5, 5.41) is 0. The van der Waals surface area contributed by atoms with Gasteiger partial charge in [0.2, 0.25) is 0 Å². The van der Waals surface area contributed by atoms with Crippen LogP contribution in [0, 0.1) is 0 Å². The smallest absolute Gasteiger partial charge is 0.255 e. The minimum absolute atomic E-state index is 0.109. The van der Waals surface area contributed by atoms with Crippen molar-refractivity contribution in [3.63, 3.8) is 0 Å². The van der Waals surface area contributed by atoms with Gasteiger partial charge in [0, 0.05) is 24.2 Å². The average Bonchev–Trinajstić information content (AvgIpc) is 2.40. The summed E-state index contributed by atoms with van der Waals surface area (Å²) in [4.78, 5) is 14.3. The second-order valence-corrected chi connectivity index (χ2v) is 5.28. The van der Waals surface area contributed by atoms with E-state index < -0.39 is 0 Å². The SMILES string of the molecule is CCOC1CCN(C(=O)c2ccccc2Br)CC1. The molecular formula is C14H18BrNO2. The molecule has 2 rings (SSSR count). The normalized spacial score (nSPS) is 16.9. The summed E-state index contributed by atoms with van der Waals surface area (Å²) in [7, 11) is 0. The quantitative estimate of drug-likeness (QED) is 0.858. The van der Waals surface area contributed by atoms with Gasteiger partial charge in [0.15, 0.2) is 0 Å². The molecule has 0 unspecified atom stereocenters. The van der Waals surface area contributed by atoms with Gasteiger partial charge in [0.1, 0.15) is 0 Å². The van der Waals surface area contributed by atoms with Crippen molar-refractivity contribution in [2.75, 3.05) is 19.7 Å². The van der Waals surface area contributed by atoms with E-state index in [0.29, 0.717) is 6.10 Å². The van der Waals surface area contributed by atoms with E-state index in [2.05, 4.69) is 15.9 Å². The van der Waals surface area contributed by atoms with Crippen molar-refractivity contribution in [3.05, 3.63) is 34.3 Å². The maximum Gasteiger partial charge on any atom is 0.255 e. The van der Waals surface area contributed by atoms with Crippen molar-refractivity contribution in [1.82, 2.24) is 4.90 Å². The highest BCUT2D eigenvalue weighted by molar-refractivity contribution is 9.10. The fourth-order valence-electron chi connectivity index (χ4n) is 2.27. The molecule has 18 heavy (non-hydrogen) atoms. The first-order valence-corrected chi connectivity index (χ1v) is 7.17. The van der Waals surface area contributed by atoms with E-state index in [1.165, 1.54) is 0 Å². The van der Waals surface area contributed by atoms with Crippen LogP contribution in [0.5, 0.6) is 0 Å². The Morgan fingerprint density at radius 2 is 2.06 bits per heavy atom. The van der Waals surface area contributed by atoms with Gasteiger partial charge in [-0.05, 0) is 47.8 Å². The Morgan fingerprint density at radius 1 is 1.39 bits per heavy atom. The number of carbonyl (C=O) groups is 1. The van der Waals surface area contributed by atoms with Gasteiger partial charge in [0.05, 0.1) is 11.7 Å². The topological polar surface area (TPSA) is 29.5 Å². The summed E-state index contributed by atoms with van der Waals surface area (Å²) in [5.41, 5.74) is 0.743. The number of benzene rings is 1. The first-order valence-electron chi connectivity index (χ1n) is 6.37. The van der Waals surface area contributed by atoms with Crippen molar-refractivity contribution in [3.8, 4) is 0 Å². The molecule has 0 N–H and O–H groups in total. The van der Waals surface area contributed by atoms with E-state index in [4.69, 9.17) is 4.74 Å². The van der Waals surface area contributed by atoms with Crippen LogP contribution in [-0.2, 0) is 4.74 Å². The molecule has 1 aliphatic heterocycles. The standard InChI is InChI=1S/C14H18BrNO2/c1-2-18-11-7-9-16(10-8-11)14(17)12-5-3-4-6-13(12)15/h3-6,11H,2,7-10H2,1H3. The minimum Gasteiger partial charge on any atom is -0.378 e. The van der Waals surface area contributed by atoms with Crippen LogP contribution in [0.15, 0.2) is 28.7 Å². The van der Waals surface area contributed by atoms with Crippen molar-refractivity contribution in [2.45, 2.75) is 25.9 Å². The second-order valence-electron chi connectivity index (χ2n) is 4.43. The number of rotatable bonds is 3. The summed E-state index contributed by atoms with van der Waals surface area (Å²) < 4.78 is 6.46. The summed E-state index contributed by atoms with van der Waals surface area (Å²) in [6.07, 6.45) is 2.19. The number of carbonyl (C=O) groups excluding carboxylic acids is 1. The molecule has 1 aliphatic rings. The monoisotopic (exact) mass is 311 g/mol. The van der Waals surface area contributed by atoms with Gasteiger partial charge in [-0.1, -0.05) is 12.1 Å². The lowest BCUT2D eigenvalue weighted by Gasteiger charge is -2.32. The van der Waals surface area contributed by atoms with Gasteiger partial charge in [-0.3, -0.25) is 4.79 Å². The highest BCUT2D eigenvalue weighted by atomic mass is 79.9. The minimum atomic E-state index is 0.109. The highest BCUT2D eigenvalue weighted by Gasteiger charge is 2.24. The van der Waals surface area contributed by atoms with Crippen molar-refractivity contribution in [2.24, 2.45) is 0 Å². The molecule has 98 valence electrons. The number of nitrogens with zero attached hydrogens (tertiary/aromatic N) is 1. The summed E-state index contributed by atoms with van der Waals surface area (Å²) in [6.45, 7) is 4.33. The Kier molecular flexibility index (Phi) is 4.78. The van der Waals surface area contributed by atoms with Crippen LogP contribution >= 0.6 is 15.9 Å². The molecule has 0 atom stereocenters. The van der Waals surface area contributed by atoms with Gasteiger partial charge in [-0.2, -0.15) is 0 Å². The van der Waals surface area contributed by atoms with Gasteiger partial charge < -0.3 is 9.64 Å². The Labute approximate surface area is 116 Å². The number of hydrogen-bond donors (Lipinski definition) is 0. The molecule has 1 heterocycles. The third kappa shape index (κ3) is 3.12. The summed E-state index contributed by atoms with van der Waals surface area (Å²) in [5.74, 6) is 0.109. The first-order chi connectivity index (χ1) is 8.72. The average molecular weight is 312 g/mol. The third-order valence-electron chi connectivity index (χ3n) is 3.24. The van der Waals surface area contributed by atoms with E-state index in [0.717, 1.165) is 42.6 Å². The van der Waals surface area contributed by atoms with E-state index in [9.17, 15) is 4.79 Å². The molecule has 1 saturated heterocycles. The molecule has 1 aromatic carbocycles. The van der Waals surface area contributed by atoms with E-state index in [1.54, 1.807) is 0 Å². The number of piperidine rings is 1. The molecule has 1 fully saturated rings. The van der Waals surface area contributed by atoms with Crippen LogP contribution in [0.2, 0.25) is 0 Å². The Bertz CT molecular complexity index is 414. The molecule has 0 saturated carbocycles. The van der Waals surface area contributed by atoms with Gasteiger partial charge in [0.25, 0.3) is 5.91 Å². The van der Waals surface area contributed by atoms with Crippen LogP contribution in [0.4, 0.5) is 0 Å². The molecular weight excluding hydrogens is 294 g/mol. The zero-order valence-electron chi connectivity index (χ0n) is 10.6. The largest absolute Gasteiger partial charge is 0.378 e. The molecule has 0 radical (unpaired) electrons. The number of likely N-dealkylation sites (tertiary alicyclic amines) is 1. The predicted molar refractivity (Wildman–Crippen MR) is 74.7 cm³/mol. The zero-order valence-corrected chi connectivity index (χ0v) is 12.1. The zero-order chi connectivity index (χ0) is 13.0. The molecule has 0 spiro atoms. The maximum atomic E-state index is 12.3. The Hall–Kier alpha value is -0.870. The lowest BCUT2D eigenvalue weighted by atomic mass is 10.1.